The van der Waals surface area contributed by atoms with Gasteiger partial charge in [0.2, 0.25) is 15.6 Å². The van der Waals surface area contributed by atoms with Crippen LogP contribution in [0.2, 0.25) is 0 Å². The molecule has 0 saturated carbocycles. The summed E-state index contributed by atoms with van der Waals surface area (Å²) in [6.45, 7) is 3.84. The Hall–Kier alpha value is -3.49. The molecule has 1 saturated heterocycles. The second-order valence-corrected chi connectivity index (χ2v) is 12.7. The molecule has 12 nitrogen and oxygen atoms in total. The number of hydrogen-bond acceptors (Lipinski definition) is 11. The molecule has 39 heavy (non-hydrogen) atoms. The highest BCUT2D eigenvalue weighted by atomic mass is 32.2. The van der Waals surface area contributed by atoms with Gasteiger partial charge in [0.1, 0.15) is 6.61 Å². The Balaban J connectivity index is 1.97. The molecule has 0 amide bonds. The van der Waals surface area contributed by atoms with Gasteiger partial charge in [-0.3, -0.25) is 0 Å². The van der Waals surface area contributed by atoms with Crippen molar-refractivity contribution in [3.63, 3.8) is 0 Å². The number of ether oxygens (including phenoxy) is 4. The third-order valence-corrected chi connectivity index (χ3v) is 8.41. The first-order valence-corrected chi connectivity index (χ1v) is 15.5. The number of para-hydroxylation sites is 2. The maximum atomic E-state index is 13.9. The molecule has 210 valence electrons. The minimum atomic E-state index is -4.35. The Labute approximate surface area is 227 Å². The van der Waals surface area contributed by atoms with Gasteiger partial charge in [-0.2, -0.15) is 18.4 Å². The Morgan fingerprint density at radius 1 is 1.05 bits per heavy atom. The normalized spacial score (nSPS) is 15.8. The van der Waals surface area contributed by atoms with Gasteiger partial charge in [0.25, 0.3) is 21.1 Å². The number of rotatable bonds is 11. The number of sulfonamides is 1. The molecule has 1 aliphatic heterocycles. The van der Waals surface area contributed by atoms with Crippen molar-refractivity contribution in [2.24, 2.45) is 0 Å². The van der Waals surface area contributed by atoms with Crippen LogP contribution < -0.4 is 18.5 Å². The minimum Gasteiger partial charge on any atom is -0.493 e. The summed E-state index contributed by atoms with van der Waals surface area (Å²) in [6.07, 6.45) is 3.61. The van der Waals surface area contributed by atoms with Crippen molar-refractivity contribution in [1.29, 1.82) is 0 Å². The molecule has 0 radical (unpaired) electrons. The number of anilines is 1. The molecule has 1 atom stereocenters. The van der Waals surface area contributed by atoms with E-state index >= 15 is 0 Å². The third kappa shape index (κ3) is 6.40. The molecule has 1 aliphatic rings. The van der Waals surface area contributed by atoms with Crippen molar-refractivity contribution in [3.8, 4) is 23.1 Å². The molecule has 2 aromatic heterocycles. The topological polar surface area (TPSA) is 147 Å². The van der Waals surface area contributed by atoms with Crippen LogP contribution in [-0.4, -0.2) is 70.5 Å². The quantitative estimate of drug-likeness (QED) is 0.309. The largest absolute Gasteiger partial charge is 0.493 e. The molecule has 0 N–H and O–H groups in total. The highest BCUT2D eigenvalue weighted by molar-refractivity contribution is 7.92. The maximum absolute atomic E-state index is 13.9. The van der Waals surface area contributed by atoms with Gasteiger partial charge >= 0.3 is 0 Å². The summed E-state index contributed by atoms with van der Waals surface area (Å²) in [5.74, 6) is -0.261. The van der Waals surface area contributed by atoms with Crippen molar-refractivity contribution >= 4 is 25.7 Å². The van der Waals surface area contributed by atoms with Gasteiger partial charge in [-0.25, -0.2) is 17.7 Å². The summed E-state index contributed by atoms with van der Waals surface area (Å²) in [6, 6.07) is 10.4. The van der Waals surface area contributed by atoms with E-state index in [1.165, 1.54) is 25.4 Å². The van der Waals surface area contributed by atoms with Gasteiger partial charge in [0, 0.05) is 25.1 Å². The zero-order chi connectivity index (χ0) is 28.2. The lowest BCUT2D eigenvalue weighted by Crippen LogP contribution is -2.38. The zero-order valence-corrected chi connectivity index (χ0v) is 23.6. The first-order valence-electron chi connectivity index (χ1n) is 12.1. The Morgan fingerprint density at radius 3 is 2.36 bits per heavy atom. The second kappa shape index (κ2) is 11.7. The Kier molecular flexibility index (Phi) is 8.57. The predicted molar refractivity (Wildman–Crippen MR) is 142 cm³/mol. The average molecular weight is 579 g/mol. The van der Waals surface area contributed by atoms with E-state index in [0.717, 1.165) is 23.4 Å². The average Bonchev–Trinajstić information content (AvgIpc) is 3.42. The van der Waals surface area contributed by atoms with Crippen LogP contribution in [0, 0.1) is 0 Å². The van der Waals surface area contributed by atoms with Crippen molar-refractivity contribution in [3.05, 3.63) is 48.7 Å². The summed E-state index contributed by atoms with van der Waals surface area (Å²) in [5, 5.41) is -0.891. The molecule has 3 heterocycles. The molecule has 4 rings (SSSR count). The van der Waals surface area contributed by atoms with Gasteiger partial charge in [-0.1, -0.05) is 18.2 Å². The molecule has 0 aliphatic carbocycles. The first-order chi connectivity index (χ1) is 18.5. The van der Waals surface area contributed by atoms with Gasteiger partial charge in [-0.05, 0) is 51.0 Å². The Bertz CT molecular complexity index is 1510. The minimum absolute atomic E-state index is 0.0383. The van der Waals surface area contributed by atoms with Crippen molar-refractivity contribution in [2.75, 3.05) is 30.9 Å². The molecule has 14 heteroatoms. The van der Waals surface area contributed by atoms with E-state index in [-0.39, 0.29) is 40.9 Å². The van der Waals surface area contributed by atoms with Crippen LogP contribution in [0.3, 0.4) is 0 Å². The van der Waals surface area contributed by atoms with Crippen LogP contribution in [-0.2, 0) is 24.6 Å². The number of hydrogen-bond donors (Lipinski definition) is 0. The summed E-state index contributed by atoms with van der Waals surface area (Å²) in [5.41, 5.74) is 0. The van der Waals surface area contributed by atoms with E-state index in [0.29, 0.717) is 12.4 Å². The van der Waals surface area contributed by atoms with Crippen LogP contribution >= 0.6 is 0 Å². The summed E-state index contributed by atoms with van der Waals surface area (Å²) < 4.78 is 77.1. The first kappa shape index (κ1) is 28.5. The van der Waals surface area contributed by atoms with Crippen LogP contribution in [0.4, 0.5) is 5.82 Å². The lowest BCUT2D eigenvalue weighted by atomic mass is 10.2. The number of pyridine rings is 1. The van der Waals surface area contributed by atoms with Gasteiger partial charge in [0.05, 0.1) is 13.2 Å². The van der Waals surface area contributed by atoms with E-state index in [1.54, 1.807) is 44.2 Å². The smallest absolute Gasteiger partial charge is 0.283 e. The van der Waals surface area contributed by atoms with E-state index in [9.17, 15) is 16.8 Å². The standard InChI is InChI=1S/C25H30N4O8S2/c1-17(2)29(39(32,33)21-13-7-8-14-26-21)23-22(37-20-12-6-5-11-19(20)34-3)24(28-25(27-23)38(4,30)31)36-16-18-10-9-15-35-18/h5-8,11-14,17-18H,9-10,15-16H2,1-4H3. The van der Waals surface area contributed by atoms with E-state index < -0.39 is 31.1 Å². The lowest BCUT2D eigenvalue weighted by Gasteiger charge is -2.29. The molecular weight excluding hydrogens is 548 g/mol. The van der Waals surface area contributed by atoms with E-state index in [1.807, 2.05) is 0 Å². The molecule has 1 fully saturated rings. The van der Waals surface area contributed by atoms with Crippen molar-refractivity contribution in [2.45, 2.75) is 49.0 Å². The van der Waals surface area contributed by atoms with E-state index in [2.05, 4.69) is 15.0 Å². The maximum Gasteiger partial charge on any atom is 0.283 e. The van der Waals surface area contributed by atoms with Crippen molar-refractivity contribution in [1.82, 2.24) is 15.0 Å². The second-order valence-electron chi connectivity index (χ2n) is 9.00. The van der Waals surface area contributed by atoms with Gasteiger partial charge in [0.15, 0.2) is 22.3 Å². The monoisotopic (exact) mass is 578 g/mol. The SMILES string of the molecule is COc1ccccc1Oc1c(OCC2CCCO2)nc(S(C)(=O)=O)nc1N(C(C)C)S(=O)(=O)c1ccccn1. The van der Waals surface area contributed by atoms with Crippen LogP contribution in [0.1, 0.15) is 26.7 Å². The highest BCUT2D eigenvalue weighted by Gasteiger charge is 2.36. The third-order valence-electron chi connectivity index (χ3n) is 5.68. The number of nitrogens with zero attached hydrogens (tertiary/aromatic N) is 4. The zero-order valence-electron chi connectivity index (χ0n) is 22.0. The molecule has 1 aromatic carbocycles. The number of sulfone groups is 1. The number of aromatic nitrogens is 3. The van der Waals surface area contributed by atoms with Crippen LogP contribution in [0.5, 0.6) is 23.1 Å². The predicted octanol–water partition coefficient (Wildman–Crippen LogP) is 3.24. The molecule has 1 unspecified atom stereocenters. The fourth-order valence-electron chi connectivity index (χ4n) is 3.90. The summed E-state index contributed by atoms with van der Waals surface area (Å²) in [4.78, 5) is 12.3. The fraction of sp³-hybridized carbons (Fsp3) is 0.400. The number of methoxy groups -OCH3 is 1. The summed E-state index contributed by atoms with van der Waals surface area (Å²) >= 11 is 0. The lowest BCUT2D eigenvalue weighted by molar-refractivity contribution is 0.0651. The fourth-order valence-corrected chi connectivity index (χ4v) is 5.95. The number of benzene rings is 1. The Morgan fingerprint density at radius 2 is 1.77 bits per heavy atom. The molecule has 0 spiro atoms. The van der Waals surface area contributed by atoms with Crippen LogP contribution in [0.25, 0.3) is 0 Å². The molecular formula is C25H30N4O8S2. The van der Waals surface area contributed by atoms with Gasteiger partial charge in [-0.15, -0.1) is 0 Å². The van der Waals surface area contributed by atoms with Gasteiger partial charge < -0.3 is 18.9 Å². The van der Waals surface area contributed by atoms with Crippen LogP contribution in [0.15, 0.2) is 58.8 Å². The summed E-state index contributed by atoms with van der Waals surface area (Å²) in [7, 11) is -6.90. The highest BCUT2D eigenvalue weighted by Crippen LogP contribution is 2.43. The van der Waals surface area contributed by atoms with E-state index in [4.69, 9.17) is 18.9 Å². The molecule has 3 aromatic rings. The molecule has 0 bridgehead atoms. The van der Waals surface area contributed by atoms with Crippen molar-refractivity contribution < 1.29 is 35.8 Å².